The standard InChI is InChI=1S/C20H24N4S/c1-13-8-10-15(11-9-13)18-16(12-21)19(24-20(23-18)25-3)22-17-7-5-4-6-14(17)2/h8-11,14,17H,4-7H2,1-3H3,(H,22,23,24)/t14-,17-/m0/s1. The van der Waals surface area contributed by atoms with Crippen molar-refractivity contribution in [2.24, 2.45) is 5.92 Å². The van der Waals surface area contributed by atoms with Crippen LogP contribution in [0.15, 0.2) is 29.4 Å². The van der Waals surface area contributed by atoms with Gasteiger partial charge >= 0.3 is 0 Å². The molecule has 0 amide bonds. The minimum Gasteiger partial charge on any atom is -0.366 e. The quantitative estimate of drug-likeness (QED) is 0.617. The lowest BCUT2D eigenvalue weighted by Gasteiger charge is -2.30. The van der Waals surface area contributed by atoms with E-state index in [9.17, 15) is 5.26 Å². The maximum Gasteiger partial charge on any atom is 0.189 e. The molecule has 1 saturated carbocycles. The van der Waals surface area contributed by atoms with Gasteiger partial charge in [0.25, 0.3) is 0 Å². The molecule has 1 aliphatic carbocycles. The average Bonchev–Trinajstić information content (AvgIpc) is 2.63. The van der Waals surface area contributed by atoms with Gasteiger partial charge < -0.3 is 5.32 Å². The van der Waals surface area contributed by atoms with Crippen LogP contribution >= 0.6 is 11.8 Å². The van der Waals surface area contributed by atoms with Crippen LogP contribution in [0.5, 0.6) is 0 Å². The summed E-state index contributed by atoms with van der Waals surface area (Å²) >= 11 is 1.51. The third-order valence-corrected chi connectivity index (χ3v) is 5.49. The highest BCUT2D eigenvalue weighted by atomic mass is 32.2. The first-order chi connectivity index (χ1) is 12.1. The van der Waals surface area contributed by atoms with E-state index >= 15 is 0 Å². The predicted octanol–water partition coefficient (Wildman–Crippen LogP) is 5.04. The van der Waals surface area contributed by atoms with Crippen molar-refractivity contribution < 1.29 is 0 Å². The lowest BCUT2D eigenvalue weighted by atomic mass is 9.86. The van der Waals surface area contributed by atoms with Crippen LogP contribution in [-0.4, -0.2) is 22.3 Å². The van der Waals surface area contributed by atoms with Crippen molar-refractivity contribution in [1.82, 2.24) is 9.97 Å². The van der Waals surface area contributed by atoms with Crippen molar-refractivity contribution in [1.29, 1.82) is 5.26 Å². The SMILES string of the molecule is CSc1nc(N[C@H]2CCCC[C@@H]2C)c(C#N)c(-c2ccc(C)cc2)n1. The Labute approximate surface area is 154 Å². The van der Waals surface area contributed by atoms with E-state index < -0.39 is 0 Å². The number of anilines is 1. The van der Waals surface area contributed by atoms with E-state index in [-0.39, 0.29) is 0 Å². The third-order valence-electron chi connectivity index (χ3n) is 4.94. The number of hydrogen-bond acceptors (Lipinski definition) is 5. The lowest BCUT2D eigenvalue weighted by molar-refractivity contribution is 0.349. The maximum absolute atomic E-state index is 9.80. The molecule has 1 heterocycles. The summed E-state index contributed by atoms with van der Waals surface area (Å²) in [5.74, 6) is 1.27. The van der Waals surface area contributed by atoms with Gasteiger partial charge in [-0.1, -0.05) is 61.4 Å². The van der Waals surface area contributed by atoms with E-state index in [0.717, 1.165) is 12.0 Å². The van der Waals surface area contributed by atoms with Crippen LogP contribution in [-0.2, 0) is 0 Å². The molecule has 0 aliphatic heterocycles. The largest absolute Gasteiger partial charge is 0.366 e. The predicted molar refractivity (Wildman–Crippen MR) is 104 cm³/mol. The zero-order chi connectivity index (χ0) is 17.8. The summed E-state index contributed by atoms with van der Waals surface area (Å²) in [6.07, 6.45) is 6.84. The number of benzene rings is 1. The molecule has 5 heteroatoms. The monoisotopic (exact) mass is 352 g/mol. The molecule has 1 aromatic carbocycles. The van der Waals surface area contributed by atoms with Crippen LogP contribution in [0.4, 0.5) is 5.82 Å². The van der Waals surface area contributed by atoms with Crippen LogP contribution in [0, 0.1) is 24.2 Å². The number of nitrogens with zero attached hydrogens (tertiary/aromatic N) is 3. The second-order valence-corrected chi connectivity index (χ2v) is 7.55. The van der Waals surface area contributed by atoms with Crippen LogP contribution < -0.4 is 5.32 Å². The van der Waals surface area contributed by atoms with Gasteiger partial charge in [0, 0.05) is 11.6 Å². The normalized spacial score (nSPS) is 20.1. The number of rotatable bonds is 4. The Bertz CT molecular complexity index is 780. The molecule has 1 fully saturated rings. The molecule has 2 aromatic rings. The second-order valence-electron chi connectivity index (χ2n) is 6.77. The van der Waals surface area contributed by atoms with Gasteiger partial charge in [-0.25, -0.2) is 9.97 Å². The van der Waals surface area contributed by atoms with Crippen molar-refractivity contribution in [3.63, 3.8) is 0 Å². The number of thioether (sulfide) groups is 1. The van der Waals surface area contributed by atoms with Gasteiger partial charge in [0.15, 0.2) is 5.16 Å². The van der Waals surface area contributed by atoms with E-state index in [1.807, 2.05) is 30.5 Å². The topological polar surface area (TPSA) is 61.6 Å². The minimum absolute atomic E-state index is 0.372. The summed E-state index contributed by atoms with van der Waals surface area (Å²) < 4.78 is 0. The fourth-order valence-electron chi connectivity index (χ4n) is 3.37. The summed E-state index contributed by atoms with van der Waals surface area (Å²) in [5, 5.41) is 14.1. The minimum atomic E-state index is 0.372. The first kappa shape index (κ1) is 17.8. The Morgan fingerprint density at radius 1 is 1.16 bits per heavy atom. The van der Waals surface area contributed by atoms with Crippen molar-refractivity contribution in [3.8, 4) is 17.3 Å². The molecule has 0 bridgehead atoms. The maximum atomic E-state index is 9.80. The molecule has 3 rings (SSSR count). The number of aromatic nitrogens is 2. The van der Waals surface area contributed by atoms with Crippen LogP contribution in [0.1, 0.15) is 43.7 Å². The highest BCUT2D eigenvalue weighted by molar-refractivity contribution is 7.98. The molecule has 25 heavy (non-hydrogen) atoms. The Balaban J connectivity index is 2.04. The Kier molecular flexibility index (Phi) is 5.60. The molecular formula is C20H24N4S. The molecular weight excluding hydrogens is 328 g/mol. The van der Waals surface area contributed by atoms with E-state index in [0.29, 0.717) is 34.2 Å². The number of nitrogens with one attached hydrogen (secondary N) is 1. The fourth-order valence-corrected chi connectivity index (χ4v) is 3.73. The van der Waals surface area contributed by atoms with E-state index in [2.05, 4.69) is 35.2 Å². The summed E-state index contributed by atoms with van der Waals surface area (Å²) in [7, 11) is 0. The summed E-state index contributed by atoms with van der Waals surface area (Å²) in [6.45, 7) is 4.33. The molecule has 0 unspecified atom stereocenters. The second kappa shape index (κ2) is 7.88. The number of aryl methyl sites for hydroxylation is 1. The van der Waals surface area contributed by atoms with Gasteiger partial charge in [0.1, 0.15) is 17.5 Å². The van der Waals surface area contributed by atoms with Gasteiger partial charge in [-0.05, 0) is 31.9 Å². The lowest BCUT2D eigenvalue weighted by Crippen LogP contribution is -2.31. The van der Waals surface area contributed by atoms with Crippen molar-refractivity contribution >= 4 is 17.6 Å². The Morgan fingerprint density at radius 2 is 1.88 bits per heavy atom. The highest BCUT2D eigenvalue weighted by Crippen LogP contribution is 2.32. The first-order valence-corrected chi connectivity index (χ1v) is 10.0. The number of nitriles is 1. The summed E-state index contributed by atoms with van der Waals surface area (Å²) in [4.78, 5) is 9.24. The van der Waals surface area contributed by atoms with Crippen molar-refractivity contribution in [2.45, 2.75) is 50.7 Å². The molecule has 0 radical (unpaired) electrons. The van der Waals surface area contributed by atoms with E-state index in [1.54, 1.807) is 0 Å². The Hall–Kier alpha value is -2.06. The summed E-state index contributed by atoms with van der Waals surface area (Å²) in [6, 6.07) is 10.9. The highest BCUT2D eigenvalue weighted by Gasteiger charge is 2.24. The number of hydrogen-bond donors (Lipinski definition) is 1. The van der Waals surface area contributed by atoms with Gasteiger partial charge in [-0.2, -0.15) is 5.26 Å². The van der Waals surface area contributed by atoms with Gasteiger partial charge in [0.2, 0.25) is 0 Å². The van der Waals surface area contributed by atoms with E-state index in [4.69, 9.17) is 0 Å². The molecule has 1 aromatic heterocycles. The first-order valence-electron chi connectivity index (χ1n) is 8.82. The molecule has 4 nitrogen and oxygen atoms in total. The van der Waals surface area contributed by atoms with Crippen LogP contribution in [0.2, 0.25) is 0 Å². The summed E-state index contributed by atoms with van der Waals surface area (Å²) in [5.41, 5.74) is 3.41. The van der Waals surface area contributed by atoms with Crippen LogP contribution in [0.3, 0.4) is 0 Å². The molecule has 130 valence electrons. The van der Waals surface area contributed by atoms with Gasteiger partial charge in [0.05, 0.1) is 5.69 Å². The zero-order valence-corrected chi connectivity index (χ0v) is 15.9. The molecule has 0 spiro atoms. The van der Waals surface area contributed by atoms with Crippen molar-refractivity contribution in [2.75, 3.05) is 11.6 Å². The fraction of sp³-hybridized carbons (Fsp3) is 0.450. The zero-order valence-electron chi connectivity index (χ0n) is 15.0. The molecule has 2 atom stereocenters. The molecule has 1 N–H and O–H groups in total. The smallest absolute Gasteiger partial charge is 0.189 e. The molecule has 0 saturated heterocycles. The Morgan fingerprint density at radius 3 is 2.52 bits per heavy atom. The van der Waals surface area contributed by atoms with Crippen molar-refractivity contribution in [3.05, 3.63) is 35.4 Å². The van der Waals surface area contributed by atoms with E-state index in [1.165, 1.54) is 36.6 Å². The average molecular weight is 353 g/mol. The van der Waals surface area contributed by atoms with Crippen LogP contribution in [0.25, 0.3) is 11.3 Å². The van der Waals surface area contributed by atoms with Gasteiger partial charge in [-0.3, -0.25) is 0 Å². The third kappa shape index (κ3) is 3.96. The van der Waals surface area contributed by atoms with Gasteiger partial charge in [-0.15, -0.1) is 0 Å². The molecule has 1 aliphatic rings.